The van der Waals surface area contributed by atoms with Crippen molar-refractivity contribution in [3.05, 3.63) is 23.5 Å². The number of methoxy groups -OCH3 is 1. The highest BCUT2D eigenvalue weighted by molar-refractivity contribution is 6.83. The SMILES string of the molecule is COc1ccc(C#C[Si](C)(C)C)nc1CO[Si](C)(C)C(C)(C)C. The van der Waals surface area contributed by atoms with E-state index in [0.29, 0.717) is 6.61 Å². The quantitative estimate of drug-likeness (QED) is 0.575. The van der Waals surface area contributed by atoms with E-state index in [9.17, 15) is 0 Å². The molecule has 0 spiro atoms. The van der Waals surface area contributed by atoms with Crippen LogP contribution in [0.4, 0.5) is 0 Å². The fourth-order valence-corrected chi connectivity index (χ4v) is 3.00. The van der Waals surface area contributed by atoms with E-state index in [2.05, 4.69) is 70.0 Å². The fraction of sp³-hybridized carbons (Fsp3) is 0.611. The van der Waals surface area contributed by atoms with Gasteiger partial charge in [0.05, 0.1) is 13.7 Å². The molecule has 1 aromatic heterocycles. The first kappa shape index (κ1) is 19.9. The Morgan fingerprint density at radius 2 is 1.70 bits per heavy atom. The number of hydrogen-bond acceptors (Lipinski definition) is 3. The lowest BCUT2D eigenvalue weighted by molar-refractivity contribution is 0.264. The van der Waals surface area contributed by atoms with Crippen LogP contribution in [0, 0.1) is 11.5 Å². The molecule has 0 aliphatic heterocycles. The molecule has 128 valence electrons. The molecule has 0 N–H and O–H groups in total. The third kappa shape index (κ3) is 6.13. The Kier molecular flexibility index (Phi) is 6.25. The molecule has 0 aliphatic rings. The van der Waals surface area contributed by atoms with Crippen LogP contribution in [-0.2, 0) is 11.0 Å². The number of rotatable bonds is 4. The molecule has 0 unspecified atom stereocenters. The normalized spacial score (nSPS) is 12.6. The van der Waals surface area contributed by atoms with Gasteiger partial charge in [0, 0.05) is 0 Å². The van der Waals surface area contributed by atoms with Crippen LogP contribution in [0.15, 0.2) is 12.1 Å². The molecule has 0 atom stereocenters. The maximum atomic E-state index is 6.28. The van der Waals surface area contributed by atoms with E-state index in [1.807, 2.05) is 12.1 Å². The Morgan fingerprint density at radius 3 is 2.17 bits per heavy atom. The fourth-order valence-electron chi connectivity index (χ4n) is 1.56. The number of nitrogens with zero attached hydrogens (tertiary/aromatic N) is 1. The summed E-state index contributed by atoms with van der Waals surface area (Å²) in [5.41, 5.74) is 4.98. The van der Waals surface area contributed by atoms with Crippen molar-refractivity contribution in [1.82, 2.24) is 4.98 Å². The highest BCUT2D eigenvalue weighted by Crippen LogP contribution is 2.37. The van der Waals surface area contributed by atoms with Crippen molar-refractivity contribution in [3.8, 4) is 17.2 Å². The summed E-state index contributed by atoms with van der Waals surface area (Å²) in [5.74, 6) is 3.97. The van der Waals surface area contributed by atoms with Gasteiger partial charge in [-0.2, -0.15) is 0 Å². The van der Waals surface area contributed by atoms with Gasteiger partial charge >= 0.3 is 0 Å². The van der Waals surface area contributed by atoms with Gasteiger partial charge in [-0.15, -0.1) is 5.54 Å². The lowest BCUT2D eigenvalue weighted by atomic mass is 10.2. The van der Waals surface area contributed by atoms with E-state index in [4.69, 9.17) is 9.16 Å². The van der Waals surface area contributed by atoms with E-state index in [0.717, 1.165) is 17.1 Å². The van der Waals surface area contributed by atoms with Crippen molar-refractivity contribution in [3.63, 3.8) is 0 Å². The molecule has 0 aromatic carbocycles. The van der Waals surface area contributed by atoms with Crippen LogP contribution in [0.25, 0.3) is 0 Å². The Bertz CT molecular complexity index is 602. The molecule has 0 radical (unpaired) electrons. The van der Waals surface area contributed by atoms with Crippen molar-refractivity contribution < 1.29 is 9.16 Å². The first-order chi connectivity index (χ1) is 10.4. The molecule has 1 aromatic rings. The second-order valence-electron chi connectivity index (χ2n) is 8.39. The van der Waals surface area contributed by atoms with Crippen molar-refractivity contribution in [1.29, 1.82) is 0 Å². The van der Waals surface area contributed by atoms with Crippen molar-refractivity contribution in [2.24, 2.45) is 0 Å². The van der Waals surface area contributed by atoms with Crippen molar-refractivity contribution >= 4 is 16.4 Å². The Balaban J connectivity index is 3.03. The molecule has 0 amide bonds. The van der Waals surface area contributed by atoms with Crippen LogP contribution in [0.2, 0.25) is 37.8 Å². The molecule has 0 saturated heterocycles. The number of aromatic nitrogens is 1. The molecule has 0 aliphatic carbocycles. The van der Waals surface area contributed by atoms with Crippen LogP contribution in [-0.4, -0.2) is 28.5 Å². The average Bonchev–Trinajstić information content (AvgIpc) is 2.41. The first-order valence-corrected chi connectivity index (χ1v) is 14.5. The molecular weight excluding hydrogens is 318 g/mol. The van der Waals surface area contributed by atoms with Crippen LogP contribution in [0.1, 0.15) is 32.2 Å². The molecule has 23 heavy (non-hydrogen) atoms. The lowest BCUT2D eigenvalue weighted by Gasteiger charge is -2.36. The van der Waals surface area contributed by atoms with E-state index >= 15 is 0 Å². The summed E-state index contributed by atoms with van der Waals surface area (Å²) >= 11 is 0. The van der Waals surface area contributed by atoms with Crippen molar-refractivity contribution in [2.75, 3.05) is 7.11 Å². The van der Waals surface area contributed by atoms with Gasteiger partial charge < -0.3 is 9.16 Å². The second-order valence-corrected chi connectivity index (χ2v) is 18.0. The molecule has 3 nitrogen and oxygen atoms in total. The highest BCUT2D eigenvalue weighted by atomic mass is 28.4. The number of hydrogen-bond donors (Lipinski definition) is 0. The maximum Gasteiger partial charge on any atom is 0.192 e. The summed E-state index contributed by atoms with van der Waals surface area (Å²) in [5, 5.41) is 0.176. The topological polar surface area (TPSA) is 31.4 Å². The zero-order chi connectivity index (χ0) is 17.9. The van der Waals surface area contributed by atoms with E-state index in [1.54, 1.807) is 7.11 Å². The minimum absolute atomic E-state index is 0.176. The molecular formula is C18H31NO2Si2. The zero-order valence-corrected chi connectivity index (χ0v) is 18.1. The van der Waals surface area contributed by atoms with Crippen LogP contribution >= 0.6 is 0 Å². The summed E-state index contributed by atoms with van der Waals surface area (Å²) in [6.07, 6.45) is 0. The molecule has 0 bridgehead atoms. The average molecular weight is 350 g/mol. The Morgan fingerprint density at radius 1 is 1.09 bits per heavy atom. The molecule has 0 fully saturated rings. The number of ether oxygens (including phenoxy) is 1. The number of pyridine rings is 1. The second kappa shape index (κ2) is 7.20. The van der Waals surface area contributed by atoms with E-state index in [-0.39, 0.29) is 5.04 Å². The zero-order valence-electron chi connectivity index (χ0n) is 16.1. The van der Waals surface area contributed by atoms with Gasteiger partial charge in [0.1, 0.15) is 25.2 Å². The van der Waals surface area contributed by atoms with Crippen LogP contribution in [0.5, 0.6) is 5.75 Å². The maximum absolute atomic E-state index is 6.28. The van der Waals surface area contributed by atoms with Crippen LogP contribution < -0.4 is 4.74 Å². The summed E-state index contributed by atoms with van der Waals surface area (Å²) in [4.78, 5) is 4.65. The standard InChI is InChI=1S/C18H31NO2Si2/c1-18(2,3)23(8,9)21-14-16-17(20-4)11-10-15(19-16)12-13-22(5,6)7/h10-11H,14H2,1-9H3. The summed E-state index contributed by atoms with van der Waals surface area (Å²) in [7, 11) is -1.56. The molecule has 1 rings (SSSR count). The van der Waals surface area contributed by atoms with E-state index in [1.165, 1.54) is 0 Å². The monoisotopic (exact) mass is 349 g/mol. The Labute approximate surface area is 144 Å². The van der Waals surface area contributed by atoms with Gasteiger partial charge in [-0.05, 0) is 30.3 Å². The minimum atomic E-state index is -1.81. The molecule has 1 heterocycles. The van der Waals surface area contributed by atoms with Gasteiger partial charge in [-0.1, -0.05) is 46.3 Å². The Hall–Kier alpha value is -1.10. The summed E-state index contributed by atoms with van der Waals surface area (Å²) in [6, 6.07) is 3.85. The molecule has 5 heteroatoms. The van der Waals surface area contributed by atoms with Gasteiger partial charge in [-0.25, -0.2) is 4.98 Å². The largest absolute Gasteiger partial charge is 0.495 e. The van der Waals surface area contributed by atoms with E-state index < -0.39 is 16.4 Å². The third-order valence-corrected chi connectivity index (χ3v) is 9.45. The van der Waals surface area contributed by atoms with Crippen LogP contribution in [0.3, 0.4) is 0 Å². The van der Waals surface area contributed by atoms with Gasteiger partial charge in [0.25, 0.3) is 0 Å². The highest BCUT2D eigenvalue weighted by Gasteiger charge is 2.37. The predicted molar refractivity (Wildman–Crippen MR) is 103 cm³/mol. The third-order valence-electron chi connectivity index (χ3n) is 4.09. The summed E-state index contributed by atoms with van der Waals surface area (Å²) < 4.78 is 11.7. The predicted octanol–water partition coefficient (Wildman–Crippen LogP) is 4.84. The minimum Gasteiger partial charge on any atom is -0.495 e. The lowest BCUT2D eigenvalue weighted by Crippen LogP contribution is -2.40. The smallest absolute Gasteiger partial charge is 0.192 e. The van der Waals surface area contributed by atoms with Gasteiger partial charge in [0.2, 0.25) is 0 Å². The van der Waals surface area contributed by atoms with Gasteiger partial charge in [-0.3, -0.25) is 0 Å². The van der Waals surface area contributed by atoms with Gasteiger partial charge in [0.15, 0.2) is 8.32 Å². The van der Waals surface area contributed by atoms with Crippen molar-refractivity contribution in [2.45, 2.75) is 65.2 Å². The first-order valence-electron chi connectivity index (χ1n) is 8.07. The summed E-state index contributed by atoms with van der Waals surface area (Å²) in [6.45, 7) is 18.4. The molecule has 0 saturated carbocycles.